The number of nitrogens with zero attached hydrogens (tertiary/aromatic N) is 1. The lowest BCUT2D eigenvalue weighted by molar-refractivity contribution is 0.305. The molecule has 2 aromatic rings. The fraction of sp³-hybridized carbons (Fsp3) is 0.188. The molecule has 0 saturated heterocycles. The number of aryl methyl sites for hydroxylation is 1. The van der Waals surface area contributed by atoms with Gasteiger partial charge in [-0.15, -0.1) is 0 Å². The molecule has 3 nitrogen and oxygen atoms in total. The Balaban J connectivity index is 1.76. The van der Waals surface area contributed by atoms with Gasteiger partial charge >= 0.3 is 0 Å². The second-order valence-corrected chi connectivity index (χ2v) is 5.30. The van der Waals surface area contributed by atoms with Crippen LogP contribution in [0, 0.1) is 5.82 Å². The molecule has 0 aromatic heterocycles. The first-order valence-electron chi connectivity index (χ1n) is 6.58. The normalized spacial score (nSPS) is 15.2. The molecule has 1 aliphatic carbocycles. The Morgan fingerprint density at radius 2 is 2.05 bits per heavy atom. The fourth-order valence-corrected chi connectivity index (χ4v) is 2.63. The molecule has 21 heavy (non-hydrogen) atoms. The summed E-state index contributed by atoms with van der Waals surface area (Å²) >= 11 is 6.00. The third-order valence-corrected chi connectivity index (χ3v) is 3.91. The summed E-state index contributed by atoms with van der Waals surface area (Å²) < 4.78 is 18.9. The summed E-state index contributed by atoms with van der Waals surface area (Å²) in [6, 6.07) is 9.80. The van der Waals surface area contributed by atoms with Gasteiger partial charge in [0.25, 0.3) is 0 Å². The van der Waals surface area contributed by atoms with Crippen LogP contribution in [0.2, 0.25) is 5.02 Å². The Labute approximate surface area is 126 Å². The number of rotatable bonds is 3. The highest BCUT2D eigenvalue weighted by atomic mass is 35.5. The number of fused-ring (bicyclic) bond motifs is 1. The third-order valence-electron chi connectivity index (χ3n) is 3.54. The van der Waals surface area contributed by atoms with Crippen molar-refractivity contribution in [3.8, 4) is 5.75 Å². The predicted octanol–water partition coefficient (Wildman–Crippen LogP) is 4.18. The highest BCUT2D eigenvalue weighted by molar-refractivity contribution is 6.31. The maximum atomic E-state index is 13.2. The molecule has 1 aliphatic rings. The molecule has 0 aliphatic heterocycles. The van der Waals surface area contributed by atoms with Crippen molar-refractivity contribution in [3.05, 3.63) is 63.9 Å². The molecule has 0 heterocycles. The molecule has 0 amide bonds. The molecule has 0 radical (unpaired) electrons. The minimum Gasteiger partial charge on any atom is -0.489 e. The van der Waals surface area contributed by atoms with E-state index in [0.29, 0.717) is 22.0 Å². The lowest BCUT2D eigenvalue weighted by atomic mass is 10.1. The molecule has 3 rings (SSSR count). The number of ether oxygens (including phenoxy) is 1. The summed E-state index contributed by atoms with van der Waals surface area (Å²) in [5, 5.41) is 12.7. The van der Waals surface area contributed by atoms with E-state index in [1.165, 1.54) is 18.2 Å². The minimum atomic E-state index is -0.337. The van der Waals surface area contributed by atoms with Gasteiger partial charge in [-0.3, -0.25) is 0 Å². The van der Waals surface area contributed by atoms with Gasteiger partial charge in [0.1, 0.15) is 18.2 Å². The van der Waals surface area contributed by atoms with E-state index in [2.05, 4.69) is 5.16 Å². The van der Waals surface area contributed by atoms with Crippen molar-refractivity contribution in [1.82, 2.24) is 0 Å². The van der Waals surface area contributed by atoms with E-state index in [9.17, 15) is 4.39 Å². The molecule has 1 N–H and O–H groups in total. The molecule has 0 bridgehead atoms. The summed E-state index contributed by atoms with van der Waals surface area (Å²) in [5.41, 5.74) is 3.35. The SMILES string of the molecule is O/N=C1/CCc2cc(OCc3cc(F)ccc3Cl)ccc21. The van der Waals surface area contributed by atoms with Crippen LogP contribution in [0.3, 0.4) is 0 Å². The van der Waals surface area contributed by atoms with Crippen LogP contribution in [0.4, 0.5) is 4.39 Å². The molecule has 108 valence electrons. The van der Waals surface area contributed by atoms with Gasteiger partial charge in [-0.05, 0) is 54.8 Å². The van der Waals surface area contributed by atoms with Gasteiger partial charge in [-0.25, -0.2) is 4.39 Å². The molecule has 0 unspecified atom stereocenters. The standard InChI is InChI=1S/C16H13ClFNO2/c17-15-5-2-12(18)7-11(15)9-21-13-3-4-14-10(8-13)1-6-16(14)19-20/h2-5,7-8,20H,1,6,9H2/b19-16-. The molecular formula is C16H13ClFNO2. The lowest BCUT2D eigenvalue weighted by Gasteiger charge is -2.09. The van der Waals surface area contributed by atoms with Crippen molar-refractivity contribution in [3.63, 3.8) is 0 Å². The van der Waals surface area contributed by atoms with Crippen molar-refractivity contribution in [2.75, 3.05) is 0 Å². The maximum Gasteiger partial charge on any atom is 0.123 e. The predicted molar refractivity (Wildman–Crippen MR) is 78.8 cm³/mol. The summed E-state index contributed by atoms with van der Waals surface area (Å²) in [6.45, 7) is 0.205. The Bertz CT molecular complexity index is 715. The summed E-state index contributed by atoms with van der Waals surface area (Å²) in [6.07, 6.45) is 1.55. The fourth-order valence-electron chi connectivity index (χ4n) is 2.45. The van der Waals surface area contributed by atoms with E-state index in [-0.39, 0.29) is 12.4 Å². The Morgan fingerprint density at radius 1 is 1.19 bits per heavy atom. The number of hydrogen-bond acceptors (Lipinski definition) is 3. The molecule has 0 fully saturated rings. The van der Waals surface area contributed by atoms with E-state index in [1.807, 2.05) is 18.2 Å². The average molecular weight is 306 g/mol. The van der Waals surface area contributed by atoms with Gasteiger partial charge in [0.2, 0.25) is 0 Å². The largest absolute Gasteiger partial charge is 0.489 e. The van der Waals surface area contributed by atoms with Crippen LogP contribution in [0.15, 0.2) is 41.6 Å². The lowest BCUT2D eigenvalue weighted by Crippen LogP contribution is -1.98. The summed E-state index contributed by atoms with van der Waals surface area (Å²) in [4.78, 5) is 0. The van der Waals surface area contributed by atoms with Gasteiger partial charge in [0, 0.05) is 16.1 Å². The van der Waals surface area contributed by atoms with Crippen molar-refractivity contribution in [1.29, 1.82) is 0 Å². The smallest absolute Gasteiger partial charge is 0.123 e. The van der Waals surface area contributed by atoms with E-state index in [1.54, 1.807) is 0 Å². The van der Waals surface area contributed by atoms with Crippen molar-refractivity contribution >= 4 is 17.3 Å². The maximum absolute atomic E-state index is 13.2. The van der Waals surface area contributed by atoms with E-state index >= 15 is 0 Å². The van der Waals surface area contributed by atoms with Gasteiger partial charge in [0.15, 0.2) is 0 Å². The minimum absolute atomic E-state index is 0.205. The van der Waals surface area contributed by atoms with Crippen molar-refractivity contribution in [2.45, 2.75) is 19.4 Å². The second kappa shape index (κ2) is 5.74. The van der Waals surface area contributed by atoms with E-state index in [4.69, 9.17) is 21.5 Å². The average Bonchev–Trinajstić information content (AvgIpc) is 2.90. The quantitative estimate of drug-likeness (QED) is 0.682. The first kappa shape index (κ1) is 13.9. The highest BCUT2D eigenvalue weighted by Crippen LogP contribution is 2.27. The van der Waals surface area contributed by atoms with Crippen LogP contribution >= 0.6 is 11.6 Å². The molecular weight excluding hydrogens is 293 g/mol. The molecule has 5 heteroatoms. The van der Waals surface area contributed by atoms with Crippen LogP contribution < -0.4 is 4.74 Å². The van der Waals surface area contributed by atoms with Crippen LogP contribution in [-0.4, -0.2) is 10.9 Å². The van der Waals surface area contributed by atoms with Crippen molar-refractivity contribution < 1.29 is 14.3 Å². The number of oxime groups is 1. The highest BCUT2D eigenvalue weighted by Gasteiger charge is 2.18. The first-order chi connectivity index (χ1) is 10.2. The molecule has 0 atom stereocenters. The topological polar surface area (TPSA) is 41.8 Å². The molecule has 0 saturated carbocycles. The number of halogens is 2. The third kappa shape index (κ3) is 2.85. The van der Waals surface area contributed by atoms with Crippen molar-refractivity contribution in [2.24, 2.45) is 5.16 Å². The van der Waals surface area contributed by atoms with Crippen LogP contribution in [0.25, 0.3) is 0 Å². The zero-order valence-electron chi connectivity index (χ0n) is 11.1. The van der Waals surface area contributed by atoms with Gasteiger partial charge in [0.05, 0.1) is 5.71 Å². The molecule has 2 aromatic carbocycles. The van der Waals surface area contributed by atoms with Crippen LogP contribution in [-0.2, 0) is 13.0 Å². The molecule has 0 spiro atoms. The first-order valence-corrected chi connectivity index (χ1v) is 6.96. The van der Waals surface area contributed by atoms with E-state index in [0.717, 1.165) is 24.0 Å². The summed E-state index contributed by atoms with van der Waals surface area (Å²) in [7, 11) is 0. The Kier molecular flexibility index (Phi) is 3.80. The van der Waals surface area contributed by atoms with Gasteiger partial charge in [-0.1, -0.05) is 16.8 Å². The van der Waals surface area contributed by atoms with Gasteiger partial charge < -0.3 is 9.94 Å². The van der Waals surface area contributed by atoms with E-state index < -0.39 is 0 Å². The zero-order valence-corrected chi connectivity index (χ0v) is 11.9. The summed E-state index contributed by atoms with van der Waals surface area (Å²) in [5.74, 6) is 0.351. The Hall–Kier alpha value is -2.07. The van der Waals surface area contributed by atoms with Gasteiger partial charge in [-0.2, -0.15) is 0 Å². The Morgan fingerprint density at radius 3 is 2.86 bits per heavy atom. The monoisotopic (exact) mass is 305 g/mol. The van der Waals surface area contributed by atoms with Crippen LogP contribution in [0.1, 0.15) is 23.1 Å². The zero-order chi connectivity index (χ0) is 14.8. The number of benzene rings is 2. The van der Waals surface area contributed by atoms with Crippen LogP contribution in [0.5, 0.6) is 5.75 Å². The second-order valence-electron chi connectivity index (χ2n) is 4.89. The number of hydrogen-bond donors (Lipinski definition) is 1.